The Morgan fingerprint density at radius 1 is 1.15 bits per heavy atom. The van der Waals surface area contributed by atoms with Crippen molar-refractivity contribution in [2.45, 2.75) is 64.2 Å². The summed E-state index contributed by atoms with van der Waals surface area (Å²) in [6.45, 7) is 8.29. The van der Waals surface area contributed by atoms with Crippen LogP contribution in [0.2, 0.25) is 0 Å². The summed E-state index contributed by atoms with van der Waals surface area (Å²) < 4.78 is 28.8. The second-order valence-corrected chi connectivity index (χ2v) is 9.94. The summed E-state index contributed by atoms with van der Waals surface area (Å²) in [5, 5.41) is 17.8. The summed E-state index contributed by atoms with van der Waals surface area (Å²) >= 11 is 0. The van der Waals surface area contributed by atoms with Crippen molar-refractivity contribution < 1.29 is 8.78 Å². The number of hydrogen-bond donors (Lipinski definition) is 2. The molecular weight excluding hydrogens is 440 g/mol. The topological polar surface area (TPSA) is 96.7 Å². The highest BCUT2D eigenvalue weighted by atomic mass is 19.1. The number of alkyl halides is 1. The number of piperidine rings is 1. The summed E-state index contributed by atoms with van der Waals surface area (Å²) in [6.07, 6.45) is 2.87. The van der Waals surface area contributed by atoms with E-state index in [-0.39, 0.29) is 35.4 Å². The molecule has 0 unspecified atom stereocenters. The van der Waals surface area contributed by atoms with Crippen molar-refractivity contribution in [3.8, 4) is 11.4 Å². The van der Waals surface area contributed by atoms with Gasteiger partial charge < -0.3 is 10.6 Å². The minimum atomic E-state index is -0.569. The van der Waals surface area contributed by atoms with E-state index in [9.17, 15) is 8.78 Å². The first-order valence-corrected chi connectivity index (χ1v) is 11.3. The normalized spacial score (nSPS) is 18.1. The van der Waals surface area contributed by atoms with Gasteiger partial charge in [-0.05, 0) is 70.1 Å². The summed E-state index contributed by atoms with van der Waals surface area (Å²) in [5.41, 5.74) is 1.30. The number of anilines is 3. The third-order valence-electron chi connectivity index (χ3n) is 6.60. The largest absolute Gasteiger partial charge is 0.365 e. The molecule has 1 aliphatic heterocycles. The Bertz CT molecular complexity index is 1130. The average Bonchev–Trinajstić information content (AvgIpc) is 3.23. The standard InChI is InChI=1S/C23H31F2N9/c1-22(2)12-17(13-23(3,4)33(22)5)27-19-18(25)14-26-21(29-19)28-16-8-6-7-15(11-16)20-30-31-32-34(20)10-9-24/h6-8,11,14,17H,9-10,12-13H2,1-5H3,(H2,26,27,28,29). The molecule has 2 N–H and O–H groups in total. The molecule has 1 aromatic carbocycles. The molecule has 0 bridgehead atoms. The molecule has 3 aromatic rings. The Kier molecular flexibility index (Phi) is 6.48. The molecule has 0 saturated carbocycles. The van der Waals surface area contributed by atoms with Gasteiger partial charge >= 0.3 is 0 Å². The number of benzene rings is 1. The van der Waals surface area contributed by atoms with Crippen LogP contribution in [-0.4, -0.2) is 65.9 Å². The average molecular weight is 472 g/mol. The van der Waals surface area contributed by atoms with Crippen molar-refractivity contribution in [1.29, 1.82) is 0 Å². The fourth-order valence-electron chi connectivity index (χ4n) is 4.70. The maximum absolute atomic E-state index is 14.6. The van der Waals surface area contributed by atoms with Gasteiger partial charge in [-0.2, -0.15) is 4.98 Å². The van der Waals surface area contributed by atoms with Crippen molar-refractivity contribution in [2.24, 2.45) is 0 Å². The first-order valence-electron chi connectivity index (χ1n) is 11.3. The van der Waals surface area contributed by atoms with Crippen molar-refractivity contribution >= 4 is 17.5 Å². The first-order chi connectivity index (χ1) is 16.1. The first kappa shape index (κ1) is 23.9. The van der Waals surface area contributed by atoms with E-state index < -0.39 is 12.5 Å². The molecule has 9 nitrogen and oxygen atoms in total. The van der Waals surface area contributed by atoms with Gasteiger partial charge in [0.15, 0.2) is 17.5 Å². The van der Waals surface area contributed by atoms with Crippen molar-refractivity contribution in [1.82, 2.24) is 35.1 Å². The lowest BCUT2D eigenvalue weighted by Gasteiger charge is -2.53. The van der Waals surface area contributed by atoms with E-state index in [0.717, 1.165) is 19.0 Å². The van der Waals surface area contributed by atoms with Crippen LogP contribution in [-0.2, 0) is 6.54 Å². The van der Waals surface area contributed by atoms with Crippen LogP contribution in [0.3, 0.4) is 0 Å². The van der Waals surface area contributed by atoms with Gasteiger partial charge in [-0.1, -0.05) is 12.1 Å². The zero-order valence-corrected chi connectivity index (χ0v) is 20.2. The fourth-order valence-corrected chi connectivity index (χ4v) is 4.70. The van der Waals surface area contributed by atoms with Crippen molar-refractivity contribution in [2.75, 3.05) is 24.4 Å². The second-order valence-electron chi connectivity index (χ2n) is 9.94. The summed E-state index contributed by atoms with van der Waals surface area (Å²) in [6, 6.07) is 7.35. The monoisotopic (exact) mass is 471 g/mol. The molecule has 0 aliphatic carbocycles. The minimum absolute atomic E-state index is 0.0397. The Morgan fingerprint density at radius 2 is 1.88 bits per heavy atom. The lowest BCUT2D eigenvalue weighted by Crippen LogP contribution is -2.61. The van der Waals surface area contributed by atoms with E-state index in [1.54, 1.807) is 0 Å². The third-order valence-corrected chi connectivity index (χ3v) is 6.60. The highest BCUT2D eigenvalue weighted by Gasteiger charge is 2.43. The van der Waals surface area contributed by atoms with Gasteiger partial charge in [-0.25, -0.2) is 18.4 Å². The van der Waals surface area contributed by atoms with Crippen LogP contribution in [0, 0.1) is 5.82 Å². The molecule has 1 saturated heterocycles. The second kappa shape index (κ2) is 9.21. The number of aromatic nitrogens is 6. The maximum Gasteiger partial charge on any atom is 0.229 e. The molecular formula is C23H31F2N9. The van der Waals surface area contributed by atoms with Gasteiger partial charge in [0.1, 0.15) is 6.67 Å². The molecule has 1 aliphatic rings. The zero-order chi connectivity index (χ0) is 24.5. The maximum atomic E-state index is 14.6. The number of nitrogens with one attached hydrogen (secondary N) is 2. The Morgan fingerprint density at radius 3 is 2.59 bits per heavy atom. The van der Waals surface area contributed by atoms with Crippen LogP contribution in [0.1, 0.15) is 40.5 Å². The SMILES string of the molecule is CN1C(C)(C)CC(Nc2nc(Nc3cccc(-c4nnnn4CCF)c3)ncc2F)CC1(C)C. The fraction of sp³-hybridized carbons (Fsp3) is 0.522. The van der Waals surface area contributed by atoms with Gasteiger partial charge in [-0.15, -0.1) is 5.10 Å². The van der Waals surface area contributed by atoms with E-state index in [4.69, 9.17) is 0 Å². The van der Waals surface area contributed by atoms with Gasteiger partial charge in [0.2, 0.25) is 5.95 Å². The lowest BCUT2D eigenvalue weighted by atomic mass is 9.77. The summed E-state index contributed by atoms with van der Waals surface area (Å²) in [5.74, 6) is 0.382. The van der Waals surface area contributed by atoms with E-state index in [2.05, 4.69) is 75.8 Å². The van der Waals surface area contributed by atoms with Crippen molar-refractivity contribution in [3.63, 3.8) is 0 Å². The molecule has 0 atom stereocenters. The number of tetrazole rings is 1. The smallest absolute Gasteiger partial charge is 0.229 e. The molecule has 0 spiro atoms. The van der Waals surface area contributed by atoms with Crippen LogP contribution in [0.15, 0.2) is 30.5 Å². The molecule has 34 heavy (non-hydrogen) atoms. The summed E-state index contributed by atoms with van der Waals surface area (Å²) in [4.78, 5) is 10.9. The Hall–Kier alpha value is -3.21. The van der Waals surface area contributed by atoms with E-state index in [0.29, 0.717) is 17.1 Å². The van der Waals surface area contributed by atoms with Gasteiger partial charge in [-0.3, -0.25) is 4.90 Å². The van der Waals surface area contributed by atoms with E-state index in [1.807, 2.05) is 24.3 Å². The van der Waals surface area contributed by atoms with Crippen molar-refractivity contribution in [3.05, 3.63) is 36.3 Å². The van der Waals surface area contributed by atoms with Crippen LogP contribution in [0.25, 0.3) is 11.4 Å². The number of hydrogen-bond acceptors (Lipinski definition) is 8. The highest BCUT2D eigenvalue weighted by Crippen LogP contribution is 2.38. The minimum Gasteiger partial charge on any atom is -0.365 e. The molecule has 3 heterocycles. The van der Waals surface area contributed by atoms with Crippen LogP contribution < -0.4 is 10.6 Å². The molecule has 0 radical (unpaired) electrons. The molecule has 182 valence electrons. The predicted octanol–water partition coefficient (Wildman–Crippen LogP) is 4.05. The Balaban J connectivity index is 1.53. The van der Waals surface area contributed by atoms with Crippen LogP contribution in [0.5, 0.6) is 0 Å². The summed E-state index contributed by atoms with van der Waals surface area (Å²) in [7, 11) is 2.13. The molecule has 11 heteroatoms. The molecule has 0 amide bonds. The number of nitrogens with zero attached hydrogens (tertiary/aromatic N) is 7. The molecule has 1 fully saturated rings. The number of rotatable bonds is 7. The number of aryl methyl sites for hydroxylation is 1. The number of likely N-dealkylation sites (tertiary alicyclic amines) is 1. The zero-order valence-electron chi connectivity index (χ0n) is 20.2. The highest BCUT2D eigenvalue weighted by molar-refractivity contribution is 5.65. The number of halogens is 2. The van der Waals surface area contributed by atoms with E-state index >= 15 is 0 Å². The molecule has 4 rings (SSSR count). The Labute approximate surface area is 198 Å². The van der Waals surface area contributed by atoms with E-state index in [1.165, 1.54) is 4.68 Å². The quantitative estimate of drug-likeness (QED) is 0.533. The van der Waals surface area contributed by atoms with Crippen LogP contribution >= 0.6 is 0 Å². The van der Waals surface area contributed by atoms with Crippen LogP contribution in [0.4, 0.5) is 26.2 Å². The third kappa shape index (κ3) is 4.98. The van der Waals surface area contributed by atoms with Gasteiger partial charge in [0.05, 0.1) is 12.7 Å². The molecule has 2 aromatic heterocycles. The van der Waals surface area contributed by atoms with Gasteiger partial charge in [0, 0.05) is 28.4 Å². The predicted molar refractivity (Wildman–Crippen MR) is 127 cm³/mol. The van der Waals surface area contributed by atoms with Gasteiger partial charge in [0.25, 0.3) is 0 Å². The lowest BCUT2D eigenvalue weighted by molar-refractivity contribution is -0.00778.